The number of thiazole rings is 1. The van der Waals surface area contributed by atoms with Crippen molar-refractivity contribution in [1.82, 2.24) is 10.3 Å². The summed E-state index contributed by atoms with van der Waals surface area (Å²) in [5, 5.41) is 14.7. The van der Waals surface area contributed by atoms with E-state index >= 15 is 0 Å². The molecule has 2 N–H and O–H groups in total. The van der Waals surface area contributed by atoms with Crippen LogP contribution >= 0.6 is 11.3 Å². The number of hydrogen-bond donors (Lipinski definition) is 2. The van der Waals surface area contributed by atoms with Crippen LogP contribution in [0.3, 0.4) is 0 Å². The van der Waals surface area contributed by atoms with Crippen LogP contribution in [0.4, 0.5) is 0 Å². The minimum atomic E-state index is -0.771. The molecule has 1 aromatic heterocycles. The predicted octanol–water partition coefficient (Wildman–Crippen LogP) is 1.66. The Morgan fingerprint density at radius 3 is 3.13 bits per heavy atom. The first-order valence-corrected chi connectivity index (χ1v) is 5.96. The minimum absolute atomic E-state index is 0.159. The normalized spacial score (nSPS) is 10.5. The molecule has 5 heteroatoms. The monoisotopic (exact) mass is 228 g/mol. The Labute approximate surface area is 93.4 Å². The number of rotatable bonds is 7. The fraction of sp³-hybridized carbons (Fsp3) is 0.600. The summed E-state index contributed by atoms with van der Waals surface area (Å²) in [6.45, 7) is 3.29. The number of carboxylic acids is 1. The van der Waals surface area contributed by atoms with Gasteiger partial charge in [-0.05, 0) is 12.8 Å². The molecule has 0 saturated heterocycles. The van der Waals surface area contributed by atoms with Gasteiger partial charge in [-0.25, -0.2) is 4.98 Å². The van der Waals surface area contributed by atoms with Crippen molar-refractivity contribution in [3.8, 4) is 0 Å². The molecule has 0 unspecified atom stereocenters. The largest absolute Gasteiger partial charge is 0.481 e. The van der Waals surface area contributed by atoms with Crippen LogP contribution in [0, 0.1) is 0 Å². The summed E-state index contributed by atoms with van der Waals surface area (Å²) in [6.07, 6.45) is 2.30. The number of aromatic nitrogens is 1. The molecule has 15 heavy (non-hydrogen) atoms. The van der Waals surface area contributed by atoms with Crippen LogP contribution < -0.4 is 5.32 Å². The van der Waals surface area contributed by atoms with Crippen molar-refractivity contribution in [2.24, 2.45) is 0 Å². The Morgan fingerprint density at radius 2 is 2.47 bits per heavy atom. The molecule has 0 aromatic carbocycles. The van der Waals surface area contributed by atoms with E-state index in [4.69, 9.17) is 5.11 Å². The lowest BCUT2D eigenvalue weighted by Crippen LogP contribution is -2.17. The number of aryl methyl sites for hydroxylation is 1. The zero-order valence-corrected chi connectivity index (χ0v) is 9.64. The summed E-state index contributed by atoms with van der Waals surface area (Å²) in [4.78, 5) is 14.7. The summed E-state index contributed by atoms with van der Waals surface area (Å²) in [7, 11) is 0. The summed E-state index contributed by atoms with van der Waals surface area (Å²) in [6, 6.07) is 0. The van der Waals surface area contributed by atoms with Crippen molar-refractivity contribution in [2.45, 2.75) is 32.7 Å². The zero-order chi connectivity index (χ0) is 11.1. The minimum Gasteiger partial charge on any atom is -0.481 e. The Morgan fingerprint density at radius 1 is 1.67 bits per heavy atom. The van der Waals surface area contributed by atoms with Gasteiger partial charge in [0.05, 0.1) is 17.1 Å². The zero-order valence-electron chi connectivity index (χ0n) is 8.82. The highest BCUT2D eigenvalue weighted by atomic mass is 32.1. The van der Waals surface area contributed by atoms with Crippen molar-refractivity contribution in [3.05, 3.63) is 16.1 Å². The van der Waals surface area contributed by atoms with Crippen LogP contribution in [0.5, 0.6) is 0 Å². The molecule has 0 spiro atoms. The second kappa shape index (κ2) is 6.53. The van der Waals surface area contributed by atoms with E-state index in [1.807, 2.05) is 5.38 Å². The Hall–Kier alpha value is -0.940. The molecule has 1 aromatic rings. The van der Waals surface area contributed by atoms with Crippen LogP contribution in [0.1, 0.15) is 30.5 Å². The van der Waals surface area contributed by atoms with Gasteiger partial charge in [0, 0.05) is 18.5 Å². The van der Waals surface area contributed by atoms with Crippen molar-refractivity contribution in [1.29, 1.82) is 0 Å². The SMILES string of the molecule is CCCc1nc(CNCCC(=O)O)cs1. The second-order valence-electron chi connectivity index (χ2n) is 3.30. The molecular formula is C10H16N2O2S. The highest BCUT2D eigenvalue weighted by Gasteiger charge is 2.01. The predicted molar refractivity (Wildman–Crippen MR) is 60.1 cm³/mol. The molecule has 1 rings (SSSR count). The van der Waals surface area contributed by atoms with Crippen LogP contribution in [-0.2, 0) is 17.8 Å². The lowest BCUT2D eigenvalue weighted by Gasteiger charge is -1.98. The van der Waals surface area contributed by atoms with Crippen LogP contribution in [0.15, 0.2) is 5.38 Å². The summed E-state index contributed by atoms with van der Waals surface area (Å²) < 4.78 is 0. The van der Waals surface area contributed by atoms with Crippen molar-refractivity contribution in [2.75, 3.05) is 6.54 Å². The molecule has 0 saturated carbocycles. The molecule has 0 aliphatic carbocycles. The second-order valence-corrected chi connectivity index (χ2v) is 4.25. The molecule has 4 nitrogen and oxygen atoms in total. The van der Waals surface area contributed by atoms with Gasteiger partial charge in [0.15, 0.2) is 0 Å². The Balaban J connectivity index is 2.22. The van der Waals surface area contributed by atoms with E-state index in [9.17, 15) is 4.79 Å². The number of carbonyl (C=O) groups is 1. The lowest BCUT2D eigenvalue weighted by atomic mass is 10.3. The third-order valence-electron chi connectivity index (χ3n) is 1.88. The Kier molecular flexibility index (Phi) is 5.28. The molecule has 0 radical (unpaired) electrons. The third kappa shape index (κ3) is 4.90. The molecule has 0 fully saturated rings. The molecule has 1 heterocycles. The van der Waals surface area contributed by atoms with E-state index in [2.05, 4.69) is 17.2 Å². The van der Waals surface area contributed by atoms with Gasteiger partial charge in [0.1, 0.15) is 0 Å². The fourth-order valence-electron chi connectivity index (χ4n) is 1.17. The van der Waals surface area contributed by atoms with Crippen LogP contribution in [0.2, 0.25) is 0 Å². The van der Waals surface area contributed by atoms with E-state index < -0.39 is 5.97 Å². The maximum atomic E-state index is 10.2. The van der Waals surface area contributed by atoms with E-state index in [0.29, 0.717) is 13.1 Å². The Bertz CT molecular complexity index is 312. The van der Waals surface area contributed by atoms with Crippen LogP contribution in [0.25, 0.3) is 0 Å². The third-order valence-corrected chi connectivity index (χ3v) is 2.84. The summed E-state index contributed by atoms with van der Waals surface area (Å²) >= 11 is 1.67. The topological polar surface area (TPSA) is 62.2 Å². The van der Waals surface area contributed by atoms with Gasteiger partial charge in [-0.15, -0.1) is 11.3 Å². The molecule has 0 atom stereocenters. The molecule has 0 aliphatic rings. The van der Waals surface area contributed by atoms with Crippen molar-refractivity contribution >= 4 is 17.3 Å². The van der Waals surface area contributed by atoms with Crippen LogP contribution in [-0.4, -0.2) is 22.6 Å². The molecular weight excluding hydrogens is 212 g/mol. The molecule has 0 aliphatic heterocycles. The highest BCUT2D eigenvalue weighted by molar-refractivity contribution is 7.09. The summed E-state index contributed by atoms with van der Waals surface area (Å²) in [5.74, 6) is -0.771. The van der Waals surface area contributed by atoms with Gasteiger partial charge in [0.25, 0.3) is 0 Å². The van der Waals surface area contributed by atoms with E-state index in [1.54, 1.807) is 11.3 Å². The number of nitrogens with one attached hydrogen (secondary N) is 1. The van der Waals surface area contributed by atoms with E-state index in [-0.39, 0.29) is 6.42 Å². The molecule has 0 bridgehead atoms. The first-order valence-electron chi connectivity index (χ1n) is 5.08. The van der Waals surface area contributed by atoms with E-state index in [0.717, 1.165) is 23.5 Å². The quantitative estimate of drug-likeness (QED) is 0.697. The highest BCUT2D eigenvalue weighted by Crippen LogP contribution is 2.11. The number of nitrogens with zero attached hydrogens (tertiary/aromatic N) is 1. The van der Waals surface area contributed by atoms with Gasteiger partial charge in [-0.2, -0.15) is 0 Å². The average Bonchev–Trinajstić information content (AvgIpc) is 2.61. The number of carboxylic acid groups (broad SMARTS) is 1. The number of hydrogen-bond acceptors (Lipinski definition) is 4. The molecule has 0 amide bonds. The smallest absolute Gasteiger partial charge is 0.304 e. The van der Waals surface area contributed by atoms with Crippen molar-refractivity contribution in [3.63, 3.8) is 0 Å². The van der Waals surface area contributed by atoms with Crippen molar-refractivity contribution < 1.29 is 9.90 Å². The maximum Gasteiger partial charge on any atom is 0.304 e. The standard InChI is InChI=1S/C10H16N2O2S/c1-2-3-9-12-8(7-15-9)6-11-5-4-10(13)14/h7,11H,2-6H2,1H3,(H,13,14). The number of aliphatic carboxylic acids is 1. The lowest BCUT2D eigenvalue weighted by molar-refractivity contribution is -0.136. The van der Waals surface area contributed by atoms with Gasteiger partial charge in [-0.3, -0.25) is 4.79 Å². The van der Waals surface area contributed by atoms with Gasteiger partial charge < -0.3 is 10.4 Å². The van der Waals surface area contributed by atoms with E-state index in [1.165, 1.54) is 0 Å². The molecule has 84 valence electrons. The summed E-state index contributed by atoms with van der Waals surface area (Å²) in [5.41, 5.74) is 1.01. The van der Waals surface area contributed by atoms with Gasteiger partial charge in [0.2, 0.25) is 0 Å². The first-order chi connectivity index (χ1) is 7.22. The fourth-order valence-corrected chi connectivity index (χ4v) is 2.07. The first kappa shape index (κ1) is 12.1. The van der Waals surface area contributed by atoms with Gasteiger partial charge in [-0.1, -0.05) is 6.92 Å². The maximum absolute atomic E-state index is 10.2. The van der Waals surface area contributed by atoms with Gasteiger partial charge >= 0.3 is 5.97 Å². The average molecular weight is 228 g/mol.